The molecule has 2 aliphatic heterocycles. The minimum atomic E-state index is 0.600. The number of aliphatic hydroxyl groups is 2. The fraction of sp³-hybridized carbons (Fsp3) is 0.146. The van der Waals surface area contributed by atoms with Crippen molar-refractivity contribution in [3.63, 3.8) is 0 Å². The maximum absolute atomic E-state index is 7.00. The Morgan fingerprint density at radius 2 is 0.375 bits per heavy atom. The Balaban J connectivity index is 0.00000117. The lowest BCUT2D eigenvalue weighted by Crippen LogP contribution is -2.22. The van der Waals surface area contributed by atoms with Gasteiger partial charge in [-0.2, -0.15) is 0 Å². The summed E-state index contributed by atoms with van der Waals surface area (Å²) >= 11 is 0. The molecule has 0 fully saturated rings. The molecule has 16 bridgehead atoms. The molecule has 9 heterocycles. The van der Waals surface area contributed by atoms with Crippen LogP contribution >= 0.6 is 0 Å². The standard InChI is InChI=1S/C39H33N13.2CH4O/c1-47-26-12-5-13-27(40-26)48(2)31-17-8-22-36(43-31)52-37-23-10-19-33(45-37)50(4)29-15-6-14-28(41-29)49(3)32-18-9-21-35(44-32)51(34-20-7-16-30(47)42-34)38-24-11-25-39(52)46-38;2*1-2/h5-25H,1-4H3;2*2H,1H3. The number of anilines is 14. The highest BCUT2D eigenvalue weighted by atomic mass is 16.2. The van der Waals surface area contributed by atoms with Crippen molar-refractivity contribution in [2.75, 3.05) is 71.8 Å². The van der Waals surface area contributed by atoms with Gasteiger partial charge >= 0.3 is 0 Å². The Labute approximate surface area is 325 Å². The third-order valence-electron chi connectivity index (χ3n) is 9.16. The van der Waals surface area contributed by atoms with Crippen molar-refractivity contribution in [2.24, 2.45) is 0 Å². The first kappa shape index (κ1) is 37.1. The fourth-order valence-electron chi connectivity index (χ4n) is 6.30. The van der Waals surface area contributed by atoms with Gasteiger partial charge in [-0.25, -0.2) is 34.9 Å². The molecular formula is C41H41N13O2. The Morgan fingerprint density at radius 1 is 0.250 bits per heavy atom. The molecule has 15 heteroatoms. The Morgan fingerprint density at radius 3 is 0.554 bits per heavy atom. The number of aromatic nitrogens is 7. The molecule has 0 aromatic carbocycles. The normalized spacial score (nSPS) is 12.8. The summed E-state index contributed by atoms with van der Waals surface area (Å²) in [7, 11) is 9.83. The van der Waals surface area contributed by atoms with Gasteiger partial charge in [0.25, 0.3) is 0 Å². The van der Waals surface area contributed by atoms with E-state index in [9.17, 15) is 0 Å². The molecule has 282 valence electrons. The van der Waals surface area contributed by atoms with Gasteiger partial charge in [-0.05, 0) is 84.9 Å². The first-order valence-electron chi connectivity index (χ1n) is 17.7. The predicted octanol–water partition coefficient (Wildman–Crippen LogP) is 7.31. The number of aliphatic hydroxyl groups excluding tert-OH is 2. The monoisotopic (exact) mass is 747 g/mol. The minimum Gasteiger partial charge on any atom is -0.400 e. The molecule has 0 radical (unpaired) electrons. The van der Waals surface area contributed by atoms with E-state index in [2.05, 4.69) is 0 Å². The number of nitrogens with zero attached hydrogens (tertiary/aromatic N) is 13. The molecule has 0 saturated carbocycles. The first-order chi connectivity index (χ1) is 27.4. The van der Waals surface area contributed by atoms with E-state index in [0.29, 0.717) is 58.2 Å². The molecule has 15 nitrogen and oxygen atoms in total. The number of rotatable bonds is 0. The Kier molecular flexibility index (Phi) is 10.6. The molecule has 7 aromatic rings. The zero-order chi connectivity index (χ0) is 39.3. The highest BCUT2D eigenvalue weighted by Crippen LogP contribution is 2.39. The van der Waals surface area contributed by atoms with Crippen molar-refractivity contribution in [1.29, 1.82) is 0 Å². The SMILES string of the molecule is CN1c2cccc(n2)N(C)c2cccc(n2)N2c3cccc(n3)N(C)c3cccc(n3)N(C)c3cccc(n3)N(c3cccc1n3)c1cccc2n1.CO.CO. The molecule has 0 saturated heterocycles. The van der Waals surface area contributed by atoms with Crippen LogP contribution in [0.3, 0.4) is 0 Å². The van der Waals surface area contributed by atoms with Crippen LogP contribution in [0.5, 0.6) is 0 Å². The van der Waals surface area contributed by atoms with E-state index in [-0.39, 0.29) is 0 Å². The van der Waals surface area contributed by atoms with Gasteiger partial charge in [0.2, 0.25) is 0 Å². The van der Waals surface area contributed by atoms with Gasteiger partial charge < -0.3 is 29.8 Å². The zero-order valence-corrected chi connectivity index (χ0v) is 31.8. The van der Waals surface area contributed by atoms with Crippen molar-refractivity contribution >= 4 is 81.5 Å². The molecular weight excluding hydrogens is 707 g/mol. The molecule has 2 aliphatic rings. The van der Waals surface area contributed by atoms with Crippen molar-refractivity contribution in [3.05, 3.63) is 127 Å². The van der Waals surface area contributed by atoms with Crippen LogP contribution in [0, 0.1) is 0 Å². The van der Waals surface area contributed by atoms with Crippen LogP contribution < -0.4 is 29.4 Å². The Hall–Kier alpha value is -7.23. The molecule has 0 unspecified atom stereocenters. The van der Waals surface area contributed by atoms with Crippen LogP contribution in [-0.2, 0) is 0 Å². The maximum Gasteiger partial charge on any atom is 0.142 e. The second-order valence-corrected chi connectivity index (χ2v) is 12.4. The van der Waals surface area contributed by atoms with Gasteiger partial charge in [0.15, 0.2) is 0 Å². The van der Waals surface area contributed by atoms with Crippen molar-refractivity contribution in [1.82, 2.24) is 34.9 Å². The first-order valence-corrected chi connectivity index (χ1v) is 17.7. The maximum atomic E-state index is 7.00. The van der Waals surface area contributed by atoms with Gasteiger partial charge in [0.1, 0.15) is 81.5 Å². The summed E-state index contributed by atoms with van der Waals surface area (Å²) in [4.78, 5) is 47.8. The highest BCUT2D eigenvalue weighted by Gasteiger charge is 2.25. The van der Waals surface area contributed by atoms with E-state index >= 15 is 0 Å². The van der Waals surface area contributed by atoms with Gasteiger partial charge in [-0.3, -0.25) is 9.80 Å². The predicted molar refractivity (Wildman–Crippen MR) is 222 cm³/mol. The van der Waals surface area contributed by atoms with Crippen molar-refractivity contribution in [2.45, 2.75) is 0 Å². The second-order valence-electron chi connectivity index (χ2n) is 12.4. The summed E-state index contributed by atoms with van der Waals surface area (Å²) in [6.07, 6.45) is 0. The molecule has 7 aromatic heterocycles. The lowest BCUT2D eigenvalue weighted by Gasteiger charge is -2.29. The number of fused-ring (bicyclic) bond motifs is 16. The number of hydrogen-bond acceptors (Lipinski definition) is 15. The van der Waals surface area contributed by atoms with Gasteiger partial charge in [-0.1, -0.05) is 42.5 Å². The topological polar surface area (TPSA) is 150 Å². The van der Waals surface area contributed by atoms with Crippen LogP contribution in [0.25, 0.3) is 0 Å². The van der Waals surface area contributed by atoms with Gasteiger partial charge in [-0.15, -0.1) is 0 Å². The minimum absolute atomic E-state index is 0.600. The molecule has 0 aliphatic carbocycles. The molecule has 0 spiro atoms. The third-order valence-corrected chi connectivity index (χ3v) is 9.16. The van der Waals surface area contributed by atoms with Crippen LogP contribution in [-0.4, -0.2) is 87.5 Å². The quantitative estimate of drug-likeness (QED) is 0.160. The summed E-state index contributed by atoms with van der Waals surface area (Å²) in [5.41, 5.74) is 0. The summed E-state index contributed by atoms with van der Waals surface area (Å²) in [5.74, 6) is 9.36. The molecule has 9 rings (SSSR count). The van der Waals surface area contributed by atoms with Crippen LogP contribution in [0.15, 0.2) is 127 Å². The van der Waals surface area contributed by atoms with Crippen LogP contribution in [0.2, 0.25) is 0 Å². The zero-order valence-electron chi connectivity index (χ0n) is 31.8. The van der Waals surface area contributed by atoms with Crippen LogP contribution in [0.4, 0.5) is 81.5 Å². The highest BCUT2D eigenvalue weighted by molar-refractivity contribution is 5.78. The Bertz CT molecular complexity index is 2160. The van der Waals surface area contributed by atoms with Crippen molar-refractivity contribution < 1.29 is 10.2 Å². The molecule has 56 heavy (non-hydrogen) atoms. The van der Waals surface area contributed by atoms with E-state index in [0.717, 1.165) is 37.5 Å². The smallest absolute Gasteiger partial charge is 0.142 e. The van der Waals surface area contributed by atoms with E-state index in [1.165, 1.54) is 0 Å². The largest absolute Gasteiger partial charge is 0.400 e. The summed E-state index contributed by atoms with van der Waals surface area (Å²) in [5, 5.41) is 14.0. The summed E-state index contributed by atoms with van der Waals surface area (Å²) < 4.78 is 0. The lowest BCUT2D eigenvalue weighted by molar-refractivity contribution is 0.399. The fourth-order valence-corrected chi connectivity index (χ4v) is 6.30. The third kappa shape index (κ3) is 6.95. The van der Waals surface area contributed by atoms with Gasteiger partial charge in [0, 0.05) is 42.4 Å². The number of pyridine rings is 7. The molecule has 0 amide bonds. The molecule has 2 N–H and O–H groups in total. The average Bonchev–Trinajstić information content (AvgIpc) is 3.27. The summed E-state index contributed by atoms with van der Waals surface area (Å²) in [6.45, 7) is 0. The van der Waals surface area contributed by atoms with Gasteiger partial charge in [0.05, 0.1) is 0 Å². The van der Waals surface area contributed by atoms with Crippen molar-refractivity contribution in [3.8, 4) is 0 Å². The van der Waals surface area contributed by atoms with E-state index in [1.54, 1.807) is 0 Å². The number of hydrogen-bond donors (Lipinski definition) is 2. The van der Waals surface area contributed by atoms with E-state index in [1.807, 2.05) is 185 Å². The van der Waals surface area contributed by atoms with Crippen LogP contribution in [0.1, 0.15) is 0 Å². The second kappa shape index (κ2) is 16.0. The molecule has 0 atom stereocenters. The lowest BCUT2D eigenvalue weighted by atomic mass is 10.3. The summed E-state index contributed by atoms with van der Waals surface area (Å²) in [6, 6.07) is 41.3. The van der Waals surface area contributed by atoms with E-state index in [4.69, 9.17) is 45.1 Å². The van der Waals surface area contributed by atoms with E-state index < -0.39 is 0 Å². The average molecular weight is 748 g/mol.